The summed E-state index contributed by atoms with van der Waals surface area (Å²) in [7, 11) is 0. The molecule has 0 aromatic heterocycles. The maximum Gasteiger partial charge on any atom is -0.0125 e. The first-order chi connectivity index (χ1) is 9.38. The van der Waals surface area contributed by atoms with Gasteiger partial charge in [0.15, 0.2) is 0 Å². The van der Waals surface area contributed by atoms with E-state index in [1.807, 2.05) is 27.7 Å². The van der Waals surface area contributed by atoms with Gasteiger partial charge in [-0.05, 0) is 48.1 Å². The van der Waals surface area contributed by atoms with E-state index >= 15 is 0 Å². The Kier molecular flexibility index (Phi) is 7.20. The average Bonchev–Trinajstić information content (AvgIpc) is 2.89. The monoisotopic (exact) mass is 260 g/mol. The molecule has 0 heterocycles. The Hall–Kier alpha value is -0.780. The number of fused-ring (bicyclic) bond motifs is 3. The Labute approximate surface area is 120 Å². The molecule has 3 rings (SSSR count). The van der Waals surface area contributed by atoms with Crippen molar-refractivity contribution in [1.29, 1.82) is 0 Å². The lowest BCUT2D eigenvalue weighted by atomic mass is 9.73. The Balaban J connectivity index is 0.000000415. The maximum absolute atomic E-state index is 2.37. The van der Waals surface area contributed by atoms with Gasteiger partial charge < -0.3 is 0 Å². The Morgan fingerprint density at radius 2 is 1.68 bits per heavy atom. The lowest BCUT2D eigenvalue weighted by Crippen LogP contribution is -2.19. The van der Waals surface area contributed by atoms with E-state index in [1.54, 1.807) is 11.1 Å². The highest BCUT2D eigenvalue weighted by molar-refractivity contribution is 5.36. The Morgan fingerprint density at radius 1 is 1.00 bits per heavy atom. The average molecular weight is 260 g/mol. The number of hydrogen-bond acceptors (Lipinski definition) is 0. The smallest absolute Gasteiger partial charge is 0.0125 e. The zero-order valence-electron chi connectivity index (χ0n) is 13.6. The molecule has 1 aromatic rings. The molecule has 3 unspecified atom stereocenters. The van der Waals surface area contributed by atoms with Crippen LogP contribution in [-0.4, -0.2) is 0 Å². The molecule has 108 valence electrons. The highest BCUT2D eigenvalue weighted by Gasteiger charge is 2.36. The SMILES string of the molecule is CC.CC.CCC1CCC2Cc3ccccc3C2C1. The highest BCUT2D eigenvalue weighted by Crippen LogP contribution is 2.48. The molecule has 0 bridgehead atoms. The van der Waals surface area contributed by atoms with Gasteiger partial charge in [0.05, 0.1) is 0 Å². The van der Waals surface area contributed by atoms with Crippen LogP contribution in [0.2, 0.25) is 0 Å². The summed E-state index contributed by atoms with van der Waals surface area (Å²) in [5.74, 6) is 2.88. The number of rotatable bonds is 1. The largest absolute Gasteiger partial charge is 0.0683 e. The first-order valence-corrected chi connectivity index (χ1v) is 8.46. The fourth-order valence-corrected chi connectivity index (χ4v) is 3.68. The molecule has 1 fully saturated rings. The summed E-state index contributed by atoms with van der Waals surface area (Å²) in [6.07, 6.45) is 7.14. The molecule has 3 atom stereocenters. The van der Waals surface area contributed by atoms with Crippen LogP contribution in [0, 0.1) is 11.8 Å². The van der Waals surface area contributed by atoms with Crippen molar-refractivity contribution in [3.8, 4) is 0 Å². The molecular weight excluding hydrogens is 228 g/mol. The van der Waals surface area contributed by atoms with Gasteiger partial charge >= 0.3 is 0 Å². The van der Waals surface area contributed by atoms with Gasteiger partial charge in [-0.1, -0.05) is 71.7 Å². The summed E-state index contributed by atoms with van der Waals surface area (Å²) < 4.78 is 0. The molecule has 19 heavy (non-hydrogen) atoms. The summed E-state index contributed by atoms with van der Waals surface area (Å²) >= 11 is 0. The molecule has 1 aromatic carbocycles. The molecular formula is C19H32. The van der Waals surface area contributed by atoms with Crippen LogP contribution in [0.4, 0.5) is 0 Å². The minimum absolute atomic E-state index is 0.903. The predicted molar refractivity (Wildman–Crippen MR) is 86.7 cm³/mol. The van der Waals surface area contributed by atoms with Gasteiger partial charge in [-0.3, -0.25) is 0 Å². The first-order valence-electron chi connectivity index (χ1n) is 8.46. The first kappa shape index (κ1) is 16.3. The summed E-state index contributed by atoms with van der Waals surface area (Å²) in [5, 5.41) is 0. The molecule has 0 radical (unpaired) electrons. The second-order valence-electron chi connectivity index (χ2n) is 5.36. The third-order valence-electron chi connectivity index (χ3n) is 4.62. The maximum atomic E-state index is 2.37. The molecule has 2 aliphatic carbocycles. The van der Waals surface area contributed by atoms with Crippen molar-refractivity contribution >= 4 is 0 Å². The quantitative estimate of drug-likeness (QED) is 0.563. The summed E-state index contributed by atoms with van der Waals surface area (Å²) in [4.78, 5) is 0. The van der Waals surface area contributed by atoms with E-state index in [0.29, 0.717) is 0 Å². The molecule has 0 amide bonds. The highest BCUT2D eigenvalue weighted by atomic mass is 14.4. The molecule has 0 aliphatic heterocycles. The van der Waals surface area contributed by atoms with Gasteiger partial charge in [0.2, 0.25) is 0 Å². The summed E-state index contributed by atoms with van der Waals surface area (Å²) in [5.41, 5.74) is 3.32. The minimum atomic E-state index is 0.903. The van der Waals surface area contributed by atoms with Gasteiger partial charge in [-0.25, -0.2) is 0 Å². The zero-order valence-corrected chi connectivity index (χ0v) is 13.6. The van der Waals surface area contributed by atoms with E-state index in [9.17, 15) is 0 Å². The van der Waals surface area contributed by atoms with Crippen molar-refractivity contribution in [2.75, 3.05) is 0 Å². The third kappa shape index (κ3) is 3.61. The van der Waals surface area contributed by atoms with Gasteiger partial charge in [-0.15, -0.1) is 0 Å². The van der Waals surface area contributed by atoms with Crippen LogP contribution >= 0.6 is 0 Å². The Morgan fingerprint density at radius 3 is 2.37 bits per heavy atom. The van der Waals surface area contributed by atoms with Crippen molar-refractivity contribution in [2.45, 2.75) is 72.6 Å². The molecule has 0 spiro atoms. The predicted octanol–water partition coefficient (Wildman–Crippen LogP) is 6.21. The van der Waals surface area contributed by atoms with Crippen LogP contribution in [0.15, 0.2) is 24.3 Å². The van der Waals surface area contributed by atoms with Crippen LogP contribution < -0.4 is 0 Å². The third-order valence-corrected chi connectivity index (χ3v) is 4.62. The fraction of sp³-hybridized carbons (Fsp3) is 0.684. The van der Waals surface area contributed by atoms with Crippen LogP contribution in [0.3, 0.4) is 0 Å². The number of hydrogen-bond donors (Lipinski definition) is 0. The summed E-state index contributed by atoms with van der Waals surface area (Å²) in [6, 6.07) is 9.14. The van der Waals surface area contributed by atoms with Crippen molar-refractivity contribution in [1.82, 2.24) is 0 Å². The van der Waals surface area contributed by atoms with E-state index in [4.69, 9.17) is 0 Å². The minimum Gasteiger partial charge on any atom is -0.0683 e. The van der Waals surface area contributed by atoms with Crippen LogP contribution in [-0.2, 0) is 6.42 Å². The van der Waals surface area contributed by atoms with Crippen LogP contribution in [0.1, 0.15) is 77.3 Å². The van der Waals surface area contributed by atoms with E-state index in [2.05, 4.69) is 31.2 Å². The van der Waals surface area contributed by atoms with Gasteiger partial charge in [0, 0.05) is 0 Å². The van der Waals surface area contributed by atoms with Crippen LogP contribution in [0.25, 0.3) is 0 Å². The standard InChI is InChI=1S/C15H20.2C2H6/c1-2-11-7-8-13-10-12-5-3-4-6-14(12)15(13)9-11;2*1-2/h3-6,11,13,15H,2,7-10H2,1H3;2*1-2H3. The molecule has 0 nitrogen and oxygen atoms in total. The second kappa shape index (κ2) is 8.40. The van der Waals surface area contributed by atoms with E-state index in [-0.39, 0.29) is 0 Å². The molecule has 2 aliphatic rings. The molecule has 1 saturated carbocycles. The molecule has 0 heteroatoms. The lowest BCUT2D eigenvalue weighted by molar-refractivity contribution is 0.246. The van der Waals surface area contributed by atoms with Crippen molar-refractivity contribution in [3.05, 3.63) is 35.4 Å². The van der Waals surface area contributed by atoms with Crippen molar-refractivity contribution < 1.29 is 0 Å². The topological polar surface area (TPSA) is 0 Å². The lowest BCUT2D eigenvalue weighted by Gasteiger charge is -2.31. The van der Waals surface area contributed by atoms with Gasteiger partial charge in [0.25, 0.3) is 0 Å². The fourth-order valence-electron chi connectivity index (χ4n) is 3.68. The van der Waals surface area contributed by atoms with E-state index < -0.39 is 0 Å². The normalized spacial score (nSPS) is 27.1. The van der Waals surface area contributed by atoms with Crippen molar-refractivity contribution in [3.63, 3.8) is 0 Å². The second-order valence-corrected chi connectivity index (χ2v) is 5.36. The van der Waals surface area contributed by atoms with Crippen molar-refractivity contribution in [2.24, 2.45) is 11.8 Å². The Bertz CT molecular complexity index is 353. The van der Waals surface area contributed by atoms with Gasteiger partial charge in [0.1, 0.15) is 0 Å². The van der Waals surface area contributed by atoms with E-state index in [0.717, 1.165) is 17.8 Å². The zero-order chi connectivity index (χ0) is 14.3. The van der Waals surface area contributed by atoms with Gasteiger partial charge in [-0.2, -0.15) is 0 Å². The number of benzene rings is 1. The summed E-state index contributed by atoms with van der Waals surface area (Å²) in [6.45, 7) is 10.4. The molecule has 0 saturated heterocycles. The van der Waals surface area contributed by atoms with E-state index in [1.165, 1.54) is 32.1 Å². The van der Waals surface area contributed by atoms with Crippen LogP contribution in [0.5, 0.6) is 0 Å². The molecule has 0 N–H and O–H groups in total.